The van der Waals surface area contributed by atoms with Crippen LogP contribution < -0.4 is 9.47 Å². The molecule has 0 aliphatic carbocycles. The molecular formula is C24H28N4O4. The summed E-state index contributed by atoms with van der Waals surface area (Å²) in [5.74, 6) is 1.25. The van der Waals surface area contributed by atoms with Crippen LogP contribution in [0.15, 0.2) is 30.6 Å². The fourth-order valence-corrected chi connectivity index (χ4v) is 4.39. The number of benzene rings is 1. The largest absolute Gasteiger partial charge is 0.474 e. The molecule has 1 aromatic carbocycles. The number of carbonyl (C=O) groups excluding carboxylic acids is 1. The normalized spacial score (nSPS) is 22.2. The van der Waals surface area contributed by atoms with Gasteiger partial charge in [0.1, 0.15) is 29.9 Å². The maximum absolute atomic E-state index is 12.7. The lowest BCUT2D eigenvalue weighted by molar-refractivity contribution is -0.00772. The molecule has 0 N–H and O–H groups in total. The number of aromatic nitrogens is 2. The van der Waals surface area contributed by atoms with E-state index in [1.807, 2.05) is 32.6 Å². The van der Waals surface area contributed by atoms with Crippen molar-refractivity contribution in [3.8, 4) is 23.6 Å². The SMILES string of the molecule is Cc1c(Oc2ccccc2C#N)ncnc1OC1C[C@@H]2CC[C@@H](C1)N2C(=O)OC(C)(C)C. The van der Waals surface area contributed by atoms with E-state index in [9.17, 15) is 10.1 Å². The second-order valence-electron chi connectivity index (χ2n) is 9.30. The molecule has 0 spiro atoms. The van der Waals surface area contributed by atoms with Gasteiger partial charge in [0.2, 0.25) is 11.8 Å². The number of fused-ring (bicyclic) bond motifs is 2. The number of para-hydroxylation sites is 1. The second kappa shape index (κ2) is 8.65. The topological polar surface area (TPSA) is 97.6 Å². The summed E-state index contributed by atoms with van der Waals surface area (Å²) in [7, 11) is 0. The third kappa shape index (κ3) is 4.62. The zero-order chi connectivity index (χ0) is 22.9. The highest BCUT2D eigenvalue weighted by molar-refractivity contribution is 5.69. The Morgan fingerprint density at radius 2 is 1.78 bits per heavy atom. The number of rotatable bonds is 4. The smallest absolute Gasteiger partial charge is 0.410 e. The van der Waals surface area contributed by atoms with Crippen molar-refractivity contribution in [3.63, 3.8) is 0 Å². The Labute approximate surface area is 188 Å². The quantitative estimate of drug-likeness (QED) is 0.681. The van der Waals surface area contributed by atoms with Gasteiger partial charge in [0, 0.05) is 24.9 Å². The fraction of sp³-hybridized carbons (Fsp3) is 0.500. The van der Waals surface area contributed by atoms with Gasteiger partial charge in [-0.2, -0.15) is 5.26 Å². The number of ether oxygens (including phenoxy) is 3. The molecule has 0 saturated carbocycles. The molecule has 2 aromatic rings. The second-order valence-corrected chi connectivity index (χ2v) is 9.30. The predicted octanol–water partition coefficient (Wildman–Crippen LogP) is 4.76. The molecule has 32 heavy (non-hydrogen) atoms. The standard InChI is InChI=1S/C24H28N4O4/c1-15-21(26-14-27-22(15)31-20-8-6-5-7-16(20)13-25)30-19-11-17-9-10-18(12-19)28(17)23(29)32-24(2,3)4/h5-8,14,17-19H,9-12H2,1-4H3/t17-,18-/m0/s1. The molecule has 1 amide bonds. The highest BCUT2D eigenvalue weighted by Crippen LogP contribution is 2.39. The van der Waals surface area contributed by atoms with Crippen molar-refractivity contribution in [1.29, 1.82) is 5.26 Å². The fourth-order valence-electron chi connectivity index (χ4n) is 4.39. The van der Waals surface area contributed by atoms with E-state index in [2.05, 4.69) is 16.0 Å². The lowest BCUT2D eigenvalue weighted by Gasteiger charge is -2.39. The Bertz CT molecular complexity index is 1030. The summed E-state index contributed by atoms with van der Waals surface area (Å²) in [5.41, 5.74) is 0.587. The van der Waals surface area contributed by atoms with Gasteiger partial charge in [-0.1, -0.05) is 12.1 Å². The van der Waals surface area contributed by atoms with Crippen molar-refractivity contribution < 1.29 is 19.0 Å². The third-order valence-corrected chi connectivity index (χ3v) is 5.78. The summed E-state index contributed by atoms with van der Waals surface area (Å²) < 4.78 is 17.8. The van der Waals surface area contributed by atoms with Crippen molar-refractivity contribution >= 4 is 6.09 Å². The minimum atomic E-state index is -0.511. The number of amides is 1. The Morgan fingerprint density at radius 1 is 1.12 bits per heavy atom. The first-order chi connectivity index (χ1) is 15.2. The predicted molar refractivity (Wildman–Crippen MR) is 117 cm³/mol. The number of hydrogen-bond acceptors (Lipinski definition) is 7. The average molecular weight is 437 g/mol. The summed E-state index contributed by atoms with van der Waals surface area (Å²) >= 11 is 0. The molecule has 4 rings (SSSR count). The summed E-state index contributed by atoms with van der Waals surface area (Å²) in [6, 6.07) is 9.33. The number of piperidine rings is 1. The lowest BCUT2D eigenvalue weighted by Crippen LogP contribution is -2.50. The van der Waals surface area contributed by atoms with E-state index in [1.165, 1.54) is 6.33 Å². The lowest BCUT2D eigenvalue weighted by atomic mass is 10.00. The zero-order valence-corrected chi connectivity index (χ0v) is 18.9. The molecule has 3 heterocycles. The van der Waals surface area contributed by atoms with E-state index >= 15 is 0 Å². The average Bonchev–Trinajstić information content (AvgIpc) is 3.01. The summed E-state index contributed by atoms with van der Waals surface area (Å²) in [6.45, 7) is 7.49. The van der Waals surface area contributed by atoms with Crippen LogP contribution in [0.3, 0.4) is 0 Å². The van der Waals surface area contributed by atoms with Gasteiger partial charge in [0.25, 0.3) is 0 Å². The molecule has 2 bridgehead atoms. The minimum Gasteiger partial charge on any atom is -0.474 e. The highest BCUT2D eigenvalue weighted by atomic mass is 16.6. The molecule has 8 heteroatoms. The Kier molecular flexibility index (Phi) is 5.92. The molecule has 2 saturated heterocycles. The molecule has 1 aromatic heterocycles. The van der Waals surface area contributed by atoms with E-state index in [0.29, 0.717) is 28.6 Å². The van der Waals surface area contributed by atoms with Gasteiger partial charge >= 0.3 is 6.09 Å². The highest BCUT2D eigenvalue weighted by Gasteiger charge is 2.45. The van der Waals surface area contributed by atoms with Crippen LogP contribution in [0.5, 0.6) is 17.5 Å². The molecule has 168 valence electrons. The van der Waals surface area contributed by atoms with Gasteiger partial charge in [-0.15, -0.1) is 0 Å². The van der Waals surface area contributed by atoms with Gasteiger partial charge in [-0.25, -0.2) is 14.8 Å². The molecule has 8 nitrogen and oxygen atoms in total. The molecule has 0 radical (unpaired) electrons. The number of carbonyl (C=O) groups is 1. The van der Waals surface area contributed by atoms with Crippen LogP contribution in [0.4, 0.5) is 4.79 Å². The van der Waals surface area contributed by atoms with Crippen LogP contribution in [0, 0.1) is 18.3 Å². The number of nitriles is 1. The summed E-state index contributed by atoms with van der Waals surface area (Å²) in [6.07, 6.45) is 4.46. The molecule has 2 fully saturated rings. The summed E-state index contributed by atoms with van der Waals surface area (Å²) in [4.78, 5) is 23.1. The molecular weight excluding hydrogens is 408 g/mol. The maximum Gasteiger partial charge on any atom is 0.410 e. The first-order valence-electron chi connectivity index (χ1n) is 10.9. The maximum atomic E-state index is 12.7. The monoisotopic (exact) mass is 436 g/mol. The Hall–Kier alpha value is -3.34. The van der Waals surface area contributed by atoms with Crippen LogP contribution in [0.1, 0.15) is 57.6 Å². The molecule has 0 unspecified atom stereocenters. The van der Waals surface area contributed by atoms with E-state index in [4.69, 9.17) is 14.2 Å². The van der Waals surface area contributed by atoms with Crippen molar-refractivity contribution in [2.45, 2.75) is 77.2 Å². The summed E-state index contributed by atoms with van der Waals surface area (Å²) in [5, 5.41) is 9.29. The van der Waals surface area contributed by atoms with Crippen molar-refractivity contribution in [2.24, 2.45) is 0 Å². The Balaban J connectivity index is 1.45. The van der Waals surface area contributed by atoms with Crippen molar-refractivity contribution in [3.05, 3.63) is 41.7 Å². The Morgan fingerprint density at radius 3 is 2.44 bits per heavy atom. The number of hydrogen-bond donors (Lipinski definition) is 0. The van der Waals surface area contributed by atoms with Gasteiger partial charge in [-0.3, -0.25) is 0 Å². The van der Waals surface area contributed by atoms with E-state index in [0.717, 1.165) is 25.7 Å². The zero-order valence-electron chi connectivity index (χ0n) is 18.9. The van der Waals surface area contributed by atoms with E-state index < -0.39 is 5.60 Å². The van der Waals surface area contributed by atoms with Gasteiger partial charge in [-0.05, 0) is 52.7 Å². The van der Waals surface area contributed by atoms with Crippen LogP contribution in [0.25, 0.3) is 0 Å². The minimum absolute atomic E-state index is 0.0565. The number of nitrogens with zero attached hydrogens (tertiary/aromatic N) is 4. The van der Waals surface area contributed by atoms with Crippen LogP contribution in [-0.2, 0) is 4.74 Å². The van der Waals surface area contributed by atoms with Gasteiger partial charge < -0.3 is 19.1 Å². The first kappa shape index (κ1) is 21.9. The van der Waals surface area contributed by atoms with Crippen LogP contribution >= 0.6 is 0 Å². The van der Waals surface area contributed by atoms with Gasteiger partial charge in [0.15, 0.2) is 0 Å². The van der Waals surface area contributed by atoms with E-state index in [1.54, 1.807) is 24.3 Å². The van der Waals surface area contributed by atoms with Crippen LogP contribution in [0.2, 0.25) is 0 Å². The van der Waals surface area contributed by atoms with E-state index in [-0.39, 0.29) is 24.3 Å². The van der Waals surface area contributed by atoms with Gasteiger partial charge in [0.05, 0.1) is 11.1 Å². The molecule has 2 aliphatic heterocycles. The van der Waals surface area contributed by atoms with Crippen molar-refractivity contribution in [2.75, 3.05) is 0 Å². The van der Waals surface area contributed by atoms with Crippen LogP contribution in [-0.4, -0.2) is 44.7 Å². The molecule has 2 aliphatic rings. The third-order valence-electron chi connectivity index (χ3n) is 5.78. The molecule has 2 atom stereocenters. The van der Waals surface area contributed by atoms with Crippen molar-refractivity contribution in [1.82, 2.24) is 14.9 Å². The first-order valence-corrected chi connectivity index (χ1v) is 10.9.